The number of nitrogens with zero attached hydrogens (tertiary/aromatic N) is 3. The van der Waals surface area contributed by atoms with Crippen molar-refractivity contribution in [3.05, 3.63) is 71.7 Å². The normalized spacial score (nSPS) is 14.7. The number of aromatic nitrogens is 2. The van der Waals surface area contributed by atoms with E-state index in [1.54, 1.807) is 13.1 Å². The van der Waals surface area contributed by atoms with E-state index < -0.39 is 15.9 Å². The summed E-state index contributed by atoms with van der Waals surface area (Å²) < 4.78 is 34.5. The maximum absolute atomic E-state index is 12.8. The number of amides is 1. The molecule has 2 aromatic heterocycles. The van der Waals surface area contributed by atoms with Gasteiger partial charge in [0.1, 0.15) is 16.5 Å². The fourth-order valence-corrected chi connectivity index (χ4v) is 5.45. The van der Waals surface area contributed by atoms with Crippen molar-refractivity contribution >= 4 is 15.9 Å². The molecule has 0 saturated carbocycles. The van der Waals surface area contributed by atoms with Gasteiger partial charge in [-0.3, -0.25) is 4.79 Å². The number of carbonyl (C=O) groups excluding carboxylic acids is 1. The fourth-order valence-electron chi connectivity index (χ4n) is 3.77. The second-order valence-corrected chi connectivity index (χ2v) is 9.51. The fraction of sp³-hybridized carbons (Fsp3) is 0.364. The molecule has 3 aromatic rings. The first-order valence-electron chi connectivity index (χ1n) is 10.4. The van der Waals surface area contributed by atoms with Crippen LogP contribution in [-0.4, -0.2) is 47.8 Å². The van der Waals surface area contributed by atoms with E-state index in [4.69, 9.17) is 4.42 Å². The Balaban J connectivity index is 1.37. The first kappa shape index (κ1) is 21.3. The molecular weight excluding hydrogens is 416 g/mol. The zero-order chi connectivity index (χ0) is 21.8. The molecule has 1 fully saturated rings. The molecule has 0 atom stereocenters. The molecule has 1 saturated heterocycles. The summed E-state index contributed by atoms with van der Waals surface area (Å²) in [5.74, 6) is 0.655. The van der Waals surface area contributed by atoms with Crippen molar-refractivity contribution < 1.29 is 17.6 Å². The van der Waals surface area contributed by atoms with Crippen LogP contribution in [0.3, 0.4) is 0 Å². The van der Waals surface area contributed by atoms with Crippen LogP contribution in [0.1, 0.15) is 40.5 Å². The smallest absolute Gasteiger partial charge is 0.287 e. The molecule has 1 N–H and O–H groups in total. The van der Waals surface area contributed by atoms with Crippen LogP contribution in [0.15, 0.2) is 58.1 Å². The monoisotopic (exact) mass is 442 g/mol. The summed E-state index contributed by atoms with van der Waals surface area (Å²) in [6, 6.07) is 11.4. The van der Waals surface area contributed by atoms with Crippen molar-refractivity contribution in [2.45, 2.75) is 37.6 Å². The van der Waals surface area contributed by atoms with E-state index in [1.807, 2.05) is 29.0 Å². The average molecular weight is 443 g/mol. The predicted octanol–water partition coefficient (Wildman–Crippen LogP) is 2.59. The van der Waals surface area contributed by atoms with Crippen LogP contribution in [0.2, 0.25) is 0 Å². The van der Waals surface area contributed by atoms with Crippen LogP contribution in [0, 0.1) is 6.92 Å². The van der Waals surface area contributed by atoms with Crippen molar-refractivity contribution in [1.82, 2.24) is 19.2 Å². The molecule has 0 spiro atoms. The molecule has 9 heteroatoms. The van der Waals surface area contributed by atoms with E-state index in [1.165, 1.54) is 15.9 Å². The highest BCUT2D eigenvalue weighted by Crippen LogP contribution is 2.26. The van der Waals surface area contributed by atoms with E-state index >= 15 is 0 Å². The highest BCUT2D eigenvalue weighted by Gasteiger charge is 2.31. The van der Waals surface area contributed by atoms with Crippen LogP contribution in [0.4, 0.5) is 0 Å². The number of hydrogen-bond donors (Lipinski definition) is 1. The minimum absolute atomic E-state index is 0.00268. The lowest BCUT2D eigenvalue weighted by atomic mass is 10.2. The van der Waals surface area contributed by atoms with E-state index in [2.05, 4.69) is 22.4 Å². The lowest BCUT2D eigenvalue weighted by Gasteiger charge is -2.14. The van der Waals surface area contributed by atoms with Crippen molar-refractivity contribution in [3.63, 3.8) is 0 Å². The van der Waals surface area contributed by atoms with E-state index in [0.29, 0.717) is 32.6 Å². The summed E-state index contributed by atoms with van der Waals surface area (Å²) in [5, 5.41) is 2.80. The van der Waals surface area contributed by atoms with Gasteiger partial charge in [0.25, 0.3) is 5.91 Å². The number of nitrogens with one attached hydrogen (secondary N) is 1. The number of hydrogen-bond acceptors (Lipinski definition) is 5. The lowest BCUT2D eigenvalue weighted by Crippen LogP contribution is -2.28. The maximum Gasteiger partial charge on any atom is 0.287 e. The van der Waals surface area contributed by atoms with Crippen LogP contribution in [0.25, 0.3) is 0 Å². The number of furan rings is 1. The summed E-state index contributed by atoms with van der Waals surface area (Å²) >= 11 is 0. The third kappa shape index (κ3) is 4.72. The zero-order valence-corrected chi connectivity index (χ0v) is 18.3. The summed E-state index contributed by atoms with van der Waals surface area (Å²) in [6.07, 6.45) is 5.90. The highest BCUT2D eigenvalue weighted by atomic mass is 32.2. The lowest BCUT2D eigenvalue weighted by molar-refractivity contribution is 0.0925. The number of benzene rings is 1. The standard InChI is InChI=1S/C22H26N4O4S/c1-17-20(31(28,29)26-12-5-6-13-26)15-19(30-17)22(27)24-10-9-21-23-11-14-25(21)16-18-7-3-2-4-8-18/h2-4,7-8,11,14-15H,5-6,9-10,12-13,16H2,1H3,(H,24,27). The summed E-state index contributed by atoms with van der Waals surface area (Å²) in [7, 11) is -3.63. The molecule has 1 aliphatic heterocycles. The molecular formula is C22H26N4O4S. The Hall–Kier alpha value is -2.91. The van der Waals surface area contributed by atoms with Crippen molar-refractivity contribution in [2.75, 3.05) is 19.6 Å². The van der Waals surface area contributed by atoms with Crippen molar-refractivity contribution in [3.8, 4) is 0 Å². The Bertz CT molecular complexity index is 1150. The molecule has 1 amide bonds. The molecule has 3 heterocycles. The summed E-state index contributed by atoms with van der Waals surface area (Å²) in [6.45, 7) is 3.64. The Labute approximate surface area is 181 Å². The number of imidazole rings is 1. The van der Waals surface area contributed by atoms with Gasteiger partial charge in [-0.2, -0.15) is 4.31 Å². The van der Waals surface area contributed by atoms with Crippen LogP contribution in [-0.2, 0) is 23.0 Å². The molecule has 0 radical (unpaired) electrons. The minimum Gasteiger partial charge on any atom is -0.455 e. The summed E-state index contributed by atoms with van der Waals surface area (Å²) in [5.41, 5.74) is 1.17. The molecule has 1 aromatic carbocycles. The van der Waals surface area contributed by atoms with Crippen LogP contribution < -0.4 is 5.32 Å². The van der Waals surface area contributed by atoms with Crippen molar-refractivity contribution in [2.24, 2.45) is 0 Å². The van der Waals surface area contributed by atoms with Gasteiger partial charge in [0.15, 0.2) is 5.76 Å². The average Bonchev–Trinajstić information content (AvgIpc) is 3.50. The van der Waals surface area contributed by atoms with Gasteiger partial charge in [-0.05, 0) is 25.3 Å². The molecule has 8 nitrogen and oxygen atoms in total. The van der Waals surface area contributed by atoms with E-state index in [0.717, 1.165) is 18.7 Å². The first-order chi connectivity index (χ1) is 14.9. The maximum atomic E-state index is 12.8. The Kier molecular flexibility index (Phi) is 6.24. The summed E-state index contributed by atoms with van der Waals surface area (Å²) in [4.78, 5) is 17.0. The largest absolute Gasteiger partial charge is 0.455 e. The van der Waals surface area contributed by atoms with Gasteiger partial charge in [-0.25, -0.2) is 13.4 Å². The second kappa shape index (κ2) is 9.07. The third-order valence-corrected chi connectivity index (χ3v) is 7.42. The SMILES string of the molecule is Cc1oc(C(=O)NCCc2nccn2Cc2ccccc2)cc1S(=O)(=O)N1CCCC1. The predicted molar refractivity (Wildman–Crippen MR) is 115 cm³/mol. The Morgan fingerprint density at radius 2 is 1.94 bits per heavy atom. The molecule has 4 rings (SSSR count). The van der Waals surface area contributed by atoms with Gasteiger partial charge in [-0.1, -0.05) is 30.3 Å². The van der Waals surface area contributed by atoms with Gasteiger partial charge >= 0.3 is 0 Å². The number of carbonyl (C=O) groups is 1. The van der Waals surface area contributed by atoms with Gasteiger partial charge in [0.05, 0.1) is 0 Å². The van der Waals surface area contributed by atoms with Gasteiger partial charge < -0.3 is 14.3 Å². The minimum atomic E-state index is -3.63. The molecule has 0 bridgehead atoms. The second-order valence-electron chi connectivity index (χ2n) is 7.61. The Morgan fingerprint density at radius 3 is 2.68 bits per heavy atom. The van der Waals surface area contributed by atoms with Crippen LogP contribution in [0.5, 0.6) is 0 Å². The molecule has 31 heavy (non-hydrogen) atoms. The quantitative estimate of drug-likeness (QED) is 0.578. The number of sulfonamides is 1. The molecule has 1 aliphatic rings. The molecule has 0 aliphatic carbocycles. The van der Waals surface area contributed by atoms with E-state index in [9.17, 15) is 13.2 Å². The zero-order valence-electron chi connectivity index (χ0n) is 17.5. The first-order valence-corrected chi connectivity index (χ1v) is 11.8. The number of aryl methyl sites for hydroxylation is 1. The van der Waals surface area contributed by atoms with E-state index in [-0.39, 0.29) is 16.4 Å². The van der Waals surface area contributed by atoms with Crippen LogP contribution >= 0.6 is 0 Å². The Morgan fingerprint density at radius 1 is 1.19 bits per heavy atom. The highest BCUT2D eigenvalue weighted by molar-refractivity contribution is 7.89. The molecule has 164 valence electrons. The molecule has 0 unspecified atom stereocenters. The third-order valence-electron chi connectivity index (χ3n) is 5.41. The topological polar surface area (TPSA) is 97.4 Å². The van der Waals surface area contributed by atoms with Gasteiger partial charge in [0.2, 0.25) is 10.0 Å². The van der Waals surface area contributed by atoms with Gasteiger partial charge in [0, 0.05) is 51.1 Å². The van der Waals surface area contributed by atoms with Crippen molar-refractivity contribution in [1.29, 1.82) is 0 Å². The van der Waals surface area contributed by atoms with Gasteiger partial charge in [-0.15, -0.1) is 0 Å². The number of rotatable bonds is 8.